The van der Waals surface area contributed by atoms with Crippen LogP contribution < -0.4 is 0 Å². The van der Waals surface area contributed by atoms with Gasteiger partial charge in [0, 0.05) is 38.7 Å². The number of ether oxygens (including phenoxy) is 2. The third-order valence-electron chi connectivity index (χ3n) is 7.49. The molecule has 1 aliphatic rings. The second-order valence-electron chi connectivity index (χ2n) is 10.3. The van der Waals surface area contributed by atoms with Crippen LogP contribution in [0.3, 0.4) is 0 Å². The number of hydrogen-bond donors (Lipinski definition) is 1. The second kappa shape index (κ2) is 13.0. The summed E-state index contributed by atoms with van der Waals surface area (Å²) in [7, 11) is 3.28. The summed E-state index contributed by atoms with van der Waals surface area (Å²) in [4.78, 5) is 30.8. The highest BCUT2D eigenvalue weighted by Crippen LogP contribution is 2.31. The highest BCUT2D eigenvalue weighted by Gasteiger charge is 2.32. The molecule has 0 bridgehead atoms. The number of amides is 2. The van der Waals surface area contributed by atoms with Gasteiger partial charge >= 0.3 is 0 Å². The van der Waals surface area contributed by atoms with E-state index in [1.807, 2.05) is 92.7 Å². The first-order chi connectivity index (χ1) is 18.8. The first-order valence-electron chi connectivity index (χ1n) is 13.4. The molecule has 7 nitrogen and oxygen atoms in total. The Bertz CT molecular complexity index is 1260. The van der Waals surface area contributed by atoms with Gasteiger partial charge in [-0.15, -0.1) is 0 Å². The molecule has 0 spiro atoms. The summed E-state index contributed by atoms with van der Waals surface area (Å²) in [6.07, 6.45) is -1.10. The lowest BCUT2D eigenvalue weighted by molar-refractivity contribution is -0.143. The number of likely N-dealkylation sites (N-methyl/N-ethyl adjacent to an activating group) is 1. The van der Waals surface area contributed by atoms with Gasteiger partial charge in [-0.3, -0.25) is 9.59 Å². The average molecular weight is 531 g/mol. The fourth-order valence-electron chi connectivity index (χ4n) is 5.12. The number of rotatable bonds is 7. The zero-order valence-corrected chi connectivity index (χ0v) is 23.1. The number of carbonyl (C=O) groups excluding carboxylic acids is 2. The van der Waals surface area contributed by atoms with Crippen molar-refractivity contribution in [1.82, 2.24) is 9.80 Å². The fraction of sp³-hybridized carbons (Fsp3) is 0.375. The molecule has 206 valence electrons. The number of fused-ring (bicyclic) bond motifs is 3. The Morgan fingerprint density at radius 2 is 1.64 bits per heavy atom. The van der Waals surface area contributed by atoms with E-state index in [1.54, 1.807) is 16.8 Å². The minimum absolute atomic E-state index is 0.131. The zero-order chi connectivity index (χ0) is 27.9. The summed E-state index contributed by atoms with van der Waals surface area (Å²) >= 11 is 0. The second-order valence-corrected chi connectivity index (χ2v) is 10.3. The maximum absolute atomic E-state index is 13.9. The molecule has 0 saturated heterocycles. The molecule has 1 heterocycles. The van der Waals surface area contributed by atoms with Crippen molar-refractivity contribution in [2.75, 3.05) is 33.9 Å². The molecule has 1 aliphatic heterocycles. The molecule has 0 aromatic heterocycles. The Hall–Kier alpha value is -3.52. The molecule has 0 aliphatic carbocycles. The van der Waals surface area contributed by atoms with Gasteiger partial charge in [-0.25, -0.2) is 0 Å². The van der Waals surface area contributed by atoms with Crippen LogP contribution in [-0.2, 0) is 20.9 Å². The van der Waals surface area contributed by atoms with Crippen molar-refractivity contribution >= 4 is 11.8 Å². The maximum atomic E-state index is 13.9. The van der Waals surface area contributed by atoms with Crippen LogP contribution in [0.4, 0.5) is 0 Å². The molecule has 3 aromatic rings. The Kier molecular flexibility index (Phi) is 9.51. The molecular formula is C32H38N2O5. The monoisotopic (exact) mass is 530 g/mol. The lowest BCUT2D eigenvalue weighted by Gasteiger charge is -2.35. The summed E-state index contributed by atoms with van der Waals surface area (Å²) in [6.45, 7) is 4.72. The largest absolute Gasteiger partial charge is 0.394 e. The van der Waals surface area contributed by atoms with E-state index in [-0.39, 0.29) is 36.5 Å². The molecule has 4 atom stereocenters. The van der Waals surface area contributed by atoms with Crippen LogP contribution in [0.2, 0.25) is 0 Å². The van der Waals surface area contributed by atoms with Crippen molar-refractivity contribution < 1.29 is 24.2 Å². The Balaban J connectivity index is 1.68. The van der Waals surface area contributed by atoms with Crippen LogP contribution in [0.5, 0.6) is 0 Å². The van der Waals surface area contributed by atoms with Crippen molar-refractivity contribution in [2.45, 2.75) is 38.7 Å². The Labute approximate surface area is 231 Å². The van der Waals surface area contributed by atoms with Crippen molar-refractivity contribution in [2.24, 2.45) is 5.92 Å². The smallest absolute Gasteiger partial charge is 0.256 e. The molecule has 0 radical (unpaired) electrons. The molecule has 0 fully saturated rings. The van der Waals surface area contributed by atoms with Crippen molar-refractivity contribution in [3.8, 4) is 11.1 Å². The van der Waals surface area contributed by atoms with E-state index in [2.05, 4.69) is 0 Å². The molecule has 0 unspecified atom stereocenters. The van der Waals surface area contributed by atoms with Crippen molar-refractivity contribution in [3.63, 3.8) is 0 Å². The molecule has 39 heavy (non-hydrogen) atoms. The number of aliphatic hydroxyl groups excluding tert-OH is 1. The number of nitrogens with zero attached hydrogens (tertiary/aromatic N) is 2. The lowest BCUT2D eigenvalue weighted by atomic mass is 9.94. The summed E-state index contributed by atoms with van der Waals surface area (Å²) in [5.41, 5.74) is 4.11. The first-order valence-corrected chi connectivity index (χ1v) is 13.4. The normalized spacial score (nSPS) is 19.3. The molecule has 7 heteroatoms. The van der Waals surface area contributed by atoms with E-state index in [0.29, 0.717) is 25.3 Å². The highest BCUT2D eigenvalue weighted by atomic mass is 16.5. The zero-order valence-electron chi connectivity index (χ0n) is 23.1. The van der Waals surface area contributed by atoms with Crippen LogP contribution in [0.25, 0.3) is 11.1 Å². The third-order valence-corrected chi connectivity index (χ3v) is 7.49. The summed E-state index contributed by atoms with van der Waals surface area (Å²) in [5.74, 6) is -0.436. The summed E-state index contributed by atoms with van der Waals surface area (Å²) in [6, 6.07) is 24.5. The minimum Gasteiger partial charge on any atom is -0.394 e. The minimum atomic E-state index is -0.725. The number of carbonyl (C=O) groups is 2. The van der Waals surface area contributed by atoms with E-state index in [0.717, 1.165) is 22.3 Å². The predicted molar refractivity (Wildman–Crippen MR) is 151 cm³/mol. The van der Waals surface area contributed by atoms with E-state index >= 15 is 0 Å². The SMILES string of the molecule is CO[C@H](C(=O)N(C)C[C@H]1OCc2ccccc2-c2ccccc2C(=O)N([C@H](C)CO)C[C@H]1C)c1ccccc1. The van der Waals surface area contributed by atoms with Crippen LogP contribution in [-0.4, -0.2) is 72.7 Å². The standard InChI is InChI=1S/C32H38N2O5/c1-22-18-34(23(2)20-35)31(36)28-17-11-10-16-27(28)26-15-9-8-14-25(26)21-39-29(22)19-33(3)32(37)30(38-4)24-12-6-5-7-13-24/h5-17,22-23,29-30,35H,18-21H2,1-4H3/t22-,23-,29-,30+/m1/s1. The molecule has 4 rings (SSSR count). The van der Waals surface area contributed by atoms with Gasteiger partial charge in [0.05, 0.1) is 25.4 Å². The molecule has 3 aromatic carbocycles. The maximum Gasteiger partial charge on any atom is 0.256 e. The van der Waals surface area contributed by atoms with E-state index < -0.39 is 6.10 Å². The van der Waals surface area contributed by atoms with E-state index in [9.17, 15) is 14.7 Å². The Morgan fingerprint density at radius 3 is 2.31 bits per heavy atom. The van der Waals surface area contributed by atoms with Gasteiger partial charge < -0.3 is 24.4 Å². The van der Waals surface area contributed by atoms with Crippen LogP contribution in [0.15, 0.2) is 78.9 Å². The number of hydrogen-bond acceptors (Lipinski definition) is 5. The highest BCUT2D eigenvalue weighted by molar-refractivity contribution is 6.01. The first kappa shape index (κ1) is 28.5. The molecular weight excluding hydrogens is 492 g/mol. The molecule has 0 saturated carbocycles. The van der Waals surface area contributed by atoms with Gasteiger partial charge in [-0.1, -0.05) is 79.7 Å². The average Bonchev–Trinajstić information content (AvgIpc) is 2.99. The van der Waals surface area contributed by atoms with Gasteiger partial charge in [0.15, 0.2) is 6.10 Å². The number of benzene rings is 3. The topological polar surface area (TPSA) is 79.3 Å². The third kappa shape index (κ3) is 6.38. The fourth-order valence-corrected chi connectivity index (χ4v) is 5.12. The summed E-state index contributed by atoms with van der Waals surface area (Å²) in [5, 5.41) is 10.0. The predicted octanol–water partition coefficient (Wildman–Crippen LogP) is 4.56. The van der Waals surface area contributed by atoms with Crippen molar-refractivity contribution in [1.29, 1.82) is 0 Å². The van der Waals surface area contributed by atoms with Crippen LogP contribution >= 0.6 is 0 Å². The number of methoxy groups -OCH3 is 1. The van der Waals surface area contributed by atoms with E-state index in [4.69, 9.17) is 9.47 Å². The lowest BCUT2D eigenvalue weighted by Crippen LogP contribution is -2.48. The van der Waals surface area contributed by atoms with Crippen molar-refractivity contribution in [3.05, 3.63) is 95.6 Å². The van der Waals surface area contributed by atoms with Crippen LogP contribution in [0.1, 0.15) is 41.4 Å². The molecule has 2 amide bonds. The van der Waals surface area contributed by atoms with Gasteiger partial charge in [-0.2, -0.15) is 0 Å². The quantitative estimate of drug-likeness (QED) is 0.485. The van der Waals surface area contributed by atoms with Gasteiger partial charge in [0.1, 0.15) is 0 Å². The van der Waals surface area contributed by atoms with Crippen LogP contribution in [0, 0.1) is 5.92 Å². The van der Waals surface area contributed by atoms with Gasteiger partial charge in [0.2, 0.25) is 0 Å². The molecule has 1 N–H and O–H groups in total. The van der Waals surface area contributed by atoms with E-state index in [1.165, 1.54) is 7.11 Å². The van der Waals surface area contributed by atoms with Gasteiger partial charge in [-0.05, 0) is 35.2 Å². The summed E-state index contributed by atoms with van der Waals surface area (Å²) < 4.78 is 12.1. The number of aliphatic hydroxyl groups is 1. The Morgan fingerprint density at radius 1 is 1.03 bits per heavy atom. The van der Waals surface area contributed by atoms with Gasteiger partial charge in [0.25, 0.3) is 11.8 Å².